The zero-order valence-corrected chi connectivity index (χ0v) is 17.8. The van der Waals surface area contributed by atoms with Gasteiger partial charge in [0.2, 0.25) is 10.0 Å². The fourth-order valence-corrected chi connectivity index (χ4v) is 4.46. The van der Waals surface area contributed by atoms with Gasteiger partial charge in [-0.25, -0.2) is 13.1 Å². The van der Waals surface area contributed by atoms with Crippen molar-refractivity contribution in [2.45, 2.75) is 10.9 Å². The number of benzene rings is 2. The summed E-state index contributed by atoms with van der Waals surface area (Å²) in [5, 5.41) is 11.0. The largest absolute Gasteiger partial charge is 0.379 e. The number of rotatable bonds is 8. The Hall–Kier alpha value is -2.53. The summed E-state index contributed by atoms with van der Waals surface area (Å²) >= 11 is 0. The summed E-state index contributed by atoms with van der Waals surface area (Å²) in [6, 6.07) is 12.9. The van der Waals surface area contributed by atoms with Gasteiger partial charge in [0, 0.05) is 57.6 Å². The molecule has 30 heavy (non-hydrogen) atoms. The highest BCUT2D eigenvalue weighted by molar-refractivity contribution is 7.89. The van der Waals surface area contributed by atoms with E-state index >= 15 is 0 Å². The van der Waals surface area contributed by atoms with E-state index in [9.17, 15) is 18.5 Å². The van der Waals surface area contributed by atoms with Crippen LogP contribution in [0.1, 0.15) is 11.6 Å². The van der Waals surface area contributed by atoms with E-state index in [2.05, 4.69) is 9.62 Å². The summed E-state index contributed by atoms with van der Waals surface area (Å²) in [6.45, 7) is 2.71. The van der Waals surface area contributed by atoms with Gasteiger partial charge in [-0.2, -0.15) is 0 Å². The van der Waals surface area contributed by atoms with Crippen molar-refractivity contribution in [3.63, 3.8) is 0 Å². The van der Waals surface area contributed by atoms with Crippen molar-refractivity contribution in [2.75, 3.05) is 51.8 Å². The molecule has 0 aromatic heterocycles. The van der Waals surface area contributed by atoms with Gasteiger partial charge in [-0.3, -0.25) is 15.0 Å². The summed E-state index contributed by atoms with van der Waals surface area (Å²) in [7, 11) is 0.0197. The number of hydrogen-bond donors (Lipinski definition) is 1. The first kappa shape index (κ1) is 22.2. The maximum atomic E-state index is 12.8. The summed E-state index contributed by atoms with van der Waals surface area (Å²) < 4.78 is 33.6. The molecule has 1 fully saturated rings. The van der Waals surface area contributed by atoms with Gasteiger partial charge < -0.3 is 9.64 Å². The smallest absolute Gasteiger partial charge is 0.270 e. The van der Waals surface area contributed by atoms with Gasteiger partial charge in [-0.1, -0.05) is 18.2 Å². The summed E-state index contributed by atoms with van der Waals surface area (Å²) in [5.41, 5.74) is 1.78. The minimum Gasteiger partial charge on any atom is -0.379 e. The van der Waals surface area contributed by atoms with Gasteiger partial charge in [-0.05, 0) is 23.8 Å². The normalized spacial score (nSPS) is 16.2. The van der Waals surface area contributed by atoms with Gasteiger partial charge in [0.05, 0.1) is 23.0 Å². The number of nitrogens with one attached hydrogen (secondary N) is 1. The lowest BCUT2D eigenvalue weighted by Crippen LogP contribution is -2.43. The Morgan fingerprint density at radius 1 is 1.17 bits per heavy atom. The number of sulfonamides is 1. The first-order chi connectivity index (χ1) is 14.3. The molecule has 0 spiro atoms. The van der Waals surface area contributed by atoms with Crippen LogP contribution in [0.4, 0.5) is 11.4 Å². The van der Waals surface area contributed by atoms with Gasteiger partial charge >= 0.3 is 0 Å². The van der Waals surface area contributed by atoms with Crippen LogP contribution in [-0.2, 0) is 14.8 Å². The van der Waals surface area contributed by atoms with Crippen LogP contribution in [0.2, 0.25) is 0 Å². The molecule has 9 nitrogen and oxygen atoms in total. The van der Waals surface area contributed by atoms with Crippen LogP contribution in [0.3, 0.4) is 0 Å². The number of non-ortho nitro benzene ring substituents is 1. The standard InChI is InChI=1S/C20H26N4O5S/c1-22(2)17-8-6-16(7-9-17)20(23-10-12-29-13-11-23)15-21-30(27,28)19-5-3-4-18(14-19)24(25)26/h3-9,14,20-21H,10-13,15H2,1-2H3/t20-/m1/s1. The van der Waals surface area contributed by atoms with Crippen LogP contribution in [0.25, 0.3) is 0 Å². The minimum atomic E-state index is -3.90. The van der Waals surface area contributed by atoms with E-state index in [1.807, 2.05) is 43.3 Å². The number of anilines is 1. The Balaban J connectivity index is 1.82. The van der Waals surface area contributed by atoms with E-state index in [-0.39, 0.29) is 23.2 Å². The molecule has 0 saturated carbocycles. The molecule has 10 heteroatoms. The number of nitrogens with zero attached hydrogens (tertiary/aromatic N) is 3. The van der Waals surface area contributed by atoms with Crippen molar-refractivity contribution >= 4 is 21.4 Å². The molecule has 1 heterocycles. The maximum absolute atomic E-state index is 12.8. The second kappa shape index (κ2) is 9.52. The zero-order valence-electron chi connectivity index (χ0n) is 17.0. The van der Waals surface area contributed by atoms with E-state index in [1.54, 1.807) is 0 Å². The Bertz CT molecular complexity index is 973. The number of hydrogen-bond acceptors (Lipinski definition) is 7. The Morgan fingerprint density at radius 2 is 1.83 bits per heavy atom. The van der Waals surface area contributed by atoms with Gasteiger partial charge in [-0.15, -0.1) is 0 Å². The van der Waals surface area contributed by atoms with Crippen molar-refractivity contribution in [1.82, 2.24) is 9.62 Å². The quantitative estimate of drug-likeness (QED) is 0.500. The average molecular weight is 435 g/mol. The molecule has 1 N–H and O–H groups in total. The van der Waals surface area contributed by atoms with E-state index in [1.165, 1.54) is 18.2 Å². The topological polar surface area (TPSA) is 105 Å². The molecule has 0 amide bonds. The molecule has 2 aromatic rings. The molecule has 0 radical (unpaired) electrons. The molecule has 1 aliphatic rings. The van der Waals surface area contributed by atoms with Crippen molar-refractivity contribution in [3.8, 4) is 0 Å². The van der Waals surface area contributed by atoms with Crippen LogP contribution in [-0.4, -0.2) is 65.2 Å². The molecular weight excluding hydrogens is 408 g/mol. The van der Waals surface area contributed by atoms with Crippen LogP contribution in [0.5, 0.6) is 0 Å². The van der Waals surface area contributed by atoms with Crippen LogP contribution >= 0.6 is 0 Å². The fourth-order valence-electron chi connectivity index (χ4n) is 3.38. The Kier molecular flexibility index (Phi) is 7.03. The highest BCUT2D eigenvalue weighted by atomic mass is 32.2. The van der Waals surface area contributed by atoms with E-state index in [0.717, 1.165) is 17.3 Å². The summed E-state index contributed by atoms with van der Waals surface area (Å²) in [5.74, 6) is 0. The fraction of sp³-hybridized carbons (Fsp3) is 0.400. The van der Waals surface area contributed by atoms with Crippen molar-refractivity contribution < 1.29 is 18.1 Å². The molecule has 0 unspecified atom stereocenters. The lowest BCUT2D eigenvalue weighted by Gasteiger charge is -2.35. The Morgan fingerprint density at radius 3 is 2.43 bits per heavy atom. The van der Waals surface area contributed by atoms with Crippen LogP contribution < -0.4 is 9.62 Å². The minimum absolute atomic E-state index is 0.125. The SMILES string of the molecule is CN(C)c1ccc([C@@H](CNS(=O)(=O)c2cccc([N+](=O)[O-])c2)N2CCOCC2)cc1. The molecule has 0 aliphatic carbocycles. The number of nitro groups is 1. The second-order valence-electron chi connectivity index (χ2n) is 7.26. The van der Waals surface area contributed by atoms with E-state index in [0.29, 0.717) is 26.3 Å². The maximum Gasteiger partial charge on any atom is 0.270 e. The number of morpholine rings is 1. The summed E-state index contributed by atoms with van der Waals surface area (Å²) in [4.78, 5) is 14.4. The molecule has 1 atom stereocenters. The molecule has 1 aliphatic heterocycles. The molecule has 0 bridgehead atoms. The zero-order chi connectivity index (χ0) is 21.7. The predicted octanol–water partition coefficient (Wildman–Crippen LogP) is 2.01. The third kappa shape index (κ3) is 5.33. The number of ether oxygens (including phenoxy) is 1. The van der Waals surface area contributed by atoms with Crippen molar-refractivity contribution in [1.29, 1.82) is 0 Å². The molecule has 2 aromatic carbocycles. The predicted molar refractivity (Wildman–Crippen MR) is 114 cm³/mol. The molecule has 162 valence electrons. The lowest BCUT2D eigenvalue weighted by molar-refractivity contribution is -0.385. The monoisotopic (exact) mass is 434 g/mol. The van der Waals surface area contributed by atoms with Crippen LogP contribution in [0, 0.1) is 10.1 Å². The highest BCUT2D eigenvalue weighted by Crippen LogP contribution is 2.25. The first-order valence-electron chi connectivity index (χ1n) is 9.61. The van der Waals surface area contributed by atoms with E-state index < -0.39 is 14.9 Å². The molecule has 3 rings (SSSR count). The average Bonchev–Trinajstić information content (AvgIpc) is 2.75. The van der Waals surface area contributed by atoms with Crippen molar-refractivity contribution in [2.24, 2.45) is 0 Å². The third-order valence-electron chi connectivity index (χ3n) is 5.09. The molecular formula is C20H26N4O5S. The third-order valence-corrected chi connectivity index (χ3v) is 6.51. The lowest BCUT2D eigenvalue weighted by atomic mass is 10.0. The van der Waals surface area contributed by atoms with Gasteiger partial charge in [0.15, 0.2) is 0 Å². The Labute approximate surface area is 176 Å². The van der Waals surface area contributed by atoms with E-state index in [4.69, 9.17) is 4.74 Å². The highest BCUT2D eigenvalue weighted by Gasteiger charge is 2.26. The second-order valence-corrected chi connectivity index (χ2v) is 9.02. The first-order valence-corrected chi connectivity index (χ1v) is 11.1. The summed E-state index contributed by atoms with van der Waals surface area (Å²) in [6.07, 6.45) is 0. The van der Waals surface area contributed by atoms with Gasteiger partial charge in [0.25, 0.3) is 5.69 Å². The van der Waals surface area contributed by atoms with Crippen LogP contribution in [0.15, 0.2) is 53.4 Å². The molecule has 1 saturated heterocycles. The van der Waals surface area contributed by atoms with Crippen molar-refractivity contribution in [3.05, 3.63) is 64.2 Å². The van der Waals surface area contributed by atoms with Gasteiger partial charge in [0.1, 0.15) is 0 Å². The number of nitro benzene ring substituents is 1.